The first kappa shape index (κ1) is 17.3. The van der Waals surface area contributed by atoms with Crippen LogP contribution in [-0.2, 0) is 0 Å². The second kappa shape index (κ2) is 7.91. The van der Waals surface area contributed by atoms with Crippen LogP contribution in [0.2, 0.25) is 0 Å². The van der Waals surface area contributed by atoms with Crippen molar-refractivity contribution in [3.05, 3.63) is 21.4 Å². The van der Waals surface area contributed by atoms with E-state index in [1.807, 2.05) is 13.0 Å². The molecule has 0 amide bonds. The highest BCUT2D eigenvalue weighted by Crippen LogP contribution is 2.21. The van der Waals surface area contributed by atoms with Gasteiger partial charge in [-0.3, -0.25) is 9.69 Å². The summed E-state index contributed by atoms with van der Waals surface area (Å²) < 4.78 is 0. The molecule has 20 heavy (non-hydrogen) atoms. The zero-order valence-electron chi connectivity index (χ0n) is 13.7. The zero-order chi connectivity index (χ0) is 15.3. The van der Waals surface area contributed by atoms with E-state index < -0.39 is 0 Å². The Kier molecular flexibility index (Phi) is 6.86. The minimum Gasteiger partial charge on any atom is -0.308 e. The molecule has 0 N–H and O–H groups in total. The lowest BCUT2D eigenvalue weighted by Crippen LogP contribution is -2.38. The number of Topliss-reactive ketones (excluding diaryl/α,β-unsaturated/α-hetero) is 1. The fourth-order valence-electron chi connectivity index (χ4n) is 2.29. The lowest BCUT2D eigenvalue weighted by molar-refractivity contribution is 0.0916. The molecular formula is C16H28N2OS. The Labute approximate surface area is 127 Å². The molecule has 0 spiro atoms. The van der Waals surface area contributed by atoms with Crippen molar-refractivity contribution in [2.75, 3.05) is 40.3 Å². The van der Waals surface area contributed by atoms with Crippen molar-refractivity contribution in [3.8, 4) is 0 Å². The van der Waals surface area contributed by atoms with Gasteiger partial charge in [0.1, 0.15) is 0 Å². The second-order valence-electron chi connectivity index (χ2n) is 6.18. The van der Waals surface area contributed by atoms with E-state index in [1.54, 1.807) is 11.3 Å². The van der Waals surface area contributed by atoms with Gasteiger partial charge in [-0.25, -0.2) is 0 Å². The summed E-state index contributed by atoms with van der Waals surface area (Å²) in [7, 11) is 4.14. The molecule has 0 saturated heterocycles. The monoisotopic (exact) mass is 296 g/mol. The molecule has 1 aromatic rings. The Balaban J connectivity index is 2.68. The van der Waals surface area contributed by atoms with Gasteiger partial charge < -0.3 is 4.90 Å². The van der Waals surface area contributed by atoms with E-state index in [0.29, 0.717) is 12.5 Å². The number of aryl methyl sites for hydroxylation is 2. The Morgan fingerprint density at radius 1 is 1.25 bits per heavy atom. The summed E-state index contributed by atoms with van der Waals surface area (Å²) in [4.78, 5) is 19.3. The van der Waals surface area contributed by atoms with Gasteiger partial charge in [0.25, 0.3) is 0 Å². The van der Waals surface area contributed by atoms with Gasteiger partial charge in [-0.1, -0.05) is 13.8 Å². The fraction of sp³-hybridized carbons (Fsp3) is 0.688. The number of carbonyl (C=O) groups is 1. The largest absolute Gasteiger partial charge is 0.308 e. The molecule has 4 heteroatoms. The van der Waals surface area contributed by atoms with E-state index in [0.717, 1.165) is 30.1 Å². The van der Waals surface area contributed by atoms with Crippen LogP contribution in [0.1, 0.15) is 34.0 Å². The number of likely N-dealkylation sites (N-methyl/N-ethyl adjacent to an activating group) is 1. The Bertz CT molecular complexity index is 438. The molecule has 0 saturated carbocycles. The van der Waals surface area contributed by atoms with E-state index in [9.17, 15) is 4.79 Å². The number of nitrogens with zero attached hydrogens (tertiary/aromatic N) is 2. The summed E-state index contributed by atoms with van der Waals surface area (Å²) in [6.45, 7) is 11.9. The first-order chi connectivity index (χ1) is 9.29. The van der Waals surface area contributed by atoms with Crippen molar-refractivity contribution < 1.29 is 4.79 Å². The van der Waals surface area contributed by atoms with Gasteiger partial charge >= 0.3 is 0 Å². The summed E-state index contributed by atoms with van der Waals surface area (Å²) in [5.41, 5.74) is 0.908. The summed E-state index contributed by atoms with van der Waals surface area (Å²) in [5.74, 6) is 0.835. The second-order valence-corrected chi connectivity index (χ2v) is 7.64. The van der Waals surface area contributed by atoms with E-state index in [2.05, 4.69) is 44.7 Å². The van der Waals surface area contributed by atoms with Crippen molar-refractivity contribution in [1.29, 1.82) is 0 Å². The van der Waals surface area contributed by atoms with Crippen molar-refractivity contribution >= 4 is 17.1 Å². The smallest absolute Gasteiger partial charge is 0.177 e. The van der Waals surface area contributed by atoms with Gasteiger partial charge in [-0.2, -0.15) is 0 Å². The number of hydrogen-bond acceptors (Lipinski definition) is 4. The summed E-state index contributed by atoms with van der Waals surface area (Å²) in [6.07, 6.45) is 0. The number of carbonyl (C=O) groups excluding carboxylic acids is 1. The molecule has 0 bridgehead atoms. The van der Waals surface area contributed by atoms with Gasteiger partial charge in [0.15, 0.2) is 5.78 Å². The van der Waals surface area contributed by atoms with Crippen molar-refractivity contribution in [2.45, 2.75) is 27.7 Å². The molecule has 0 aliphatic rings. The van der Waals surface area contributed by atoms with Crippen LogP contribution in [0.4, 0.5) is 0 Å². The molecule has 0 aliphatic heterocycles. The van der Waals surface area contributed by atoms with Crippen LogP contribution in [0, 0.1) is 19.8 Å². The molecule has 1 aromatic heterocycles. The number of thiophene rings is 1. The molecule has 3 nitrogen and oxygen atoms in total. The first-order valence-corrected chi connectivity index (χ1v) is 8.08. The maximum absolute atomic E-state index is 12.5. The maximum Gasteiger partial charge on any atom is 0.177 e. The molecular weight excluding hydrogens is 268 g/mol. The van der Waals surface area contributed by atoms with E-state index in [1.165, 1.54) is 4.88 Å². The molecule has 0 aromatic carbocycles. The van der Waals surface area contributed by atoms with Crippen molar-refractivity contribution in [1.82, 2.24) is 9.80 Å². The average Bonchev–Trinajstić information content (AvgIpc) is 2.64. The SMILES string of the molecule is Cc1cc(C(=O)CN(CCN(C)C)CC(C)C)c(C)s1. The fourth-order valence-corrected chi connectivity index (χ4v) is 3.23. The van der Waals surface area contributed by atoms with Crippen molar-refractivity contribution in [3.63, 3.8) is 0 Å². The van der Waals surface area contributed by atoms with Gasteiger partial charge in [0.2, 0.25) is 0 Å². The van der Waals surface area contributed by atoms with Crippen LogP contribution < -0.4 is 0 Å². The third kappa shape index (κ3) is 5.73. The topological polar surface area (TPSA) is 23.6 Å². The lowest BCUT2D eigenvalue weighted by Gasteiger charge is -2.25. The molecule has 0 atom stereocenters. The van der Waals surface area contributed by atoms with Gasteiger partial charge in [0, 0.05) is 35.0 Å². The van der Waals surface area contributed by atoms with Crippen LogP contribution in [0.15, 0.2) is 6.07 Å². The van der Waals surface area contributed by atoms with Gasteiger partial charge in [-0.05, 0) is 39.9 Å². The number of hydrogen-bond donors (Lipinski definition) is 0. The molecule has 0 unspecified atom stereocenters. The zero-order valence-corrected chi connectivity index (χ0v) is 14.5. The highest BCUT2D eigenvalue weighted by molar-refractivity contribution is 7.12. The minimum atomic E-state index is 0.256. The van der Waals surface area contributed by atoms with Crippen LogP contribution in [0.25, 0.3) is 0 Å². The van der Waals surface area contributed by atoms with Gasteiger partial charge in [0.05, 0.1) is 6.54 Å². The molecule has 1 rings (SSSR count). The molecule has 0 fully saturated rings. The van der Waals surface area contributed by atoms with E-state index in [4.69, 9.17) is 0 Å². The minimum absolute atomic E-state index is 0.256. The van der Waals surface area contributed by atoms with Crippen LogP contribution in [0.5, 0.6) is 0 Å². The molecule has 0 aliphatic carbocycles. The summed E-state index contributed by atoms with van der Waals surface area (Å²) in [5, 5.41) is 0. The highest BCUT2D eigenvalue weighted by atomic mass is 32.1. The van der Waals surface area contributed by atoms with Gasteiger partial charge in [-0.15, -0.1) is 11.3 Å². The summed E-state index contributed by atoms with van der Waals surface area (Å²) >= 11 is 1.71. The quantitative estimate of drug-likeness (QED) is 0.689. The third-order valence-corrected chi connectivity index (χ3v) is 4.16. The van der Waals surface area contributed by atoms with E-state index in [-0.39, 0.29) is 5.78 Å². The maximum atomic E-state index is 12.5. The Morgan fingerprint density at radius 2 is 1.90 bits per heavy atom. The number of rotatable bonds is 8. The van der Waals surface area contributed by atoms with Crippen molar-refractivity contribution in [2.24, 2.45) is 5.92 Å². The average molecular weight is 296 g/mol. The normalized spacial score (nSPS) is 11.8. The predicted octanol–water partition coefficient (Wildman–Crippen LogP) is 3.07. The Morgan fingerprint density at radius 3 is 2.35 bits per heavy atom. The molecule has 1 heterocycles. The predicted molar refractivity (Wildman–Crippen MR) is 88.0 cm³/mol. The third-order valence-electron chi connectivity index (χ3n) is 3.20. The standard InChI is InChI=1S/C16H28N2OS/c1-12(2)10-18(8-7-17(5)6)11-16(19)15-9-13(3)20-14(15)4/h9,12H,7-8,10-11H2,1-6H3. The Hall–Kier alpha value is -0.710. The van der Waals surface area contributed by atoms with Crippen LogP contribution in [0.3, 0.4) is 0 Å². The first-order valence-electron chi connectivity index (χ1n) is 7.27. The number of ketones is 1. The molecule has 114 valence electrons. The van der Waals surface area contributed by atoms with Crippen LogP contribution in [-0.4, -0.2) is 55.9 Å². The van der Waals surface area contributed by atoms with Crippen LogP contribution >= 0.6 is 11.3 Å². The lowest BCUT2D eigenvalue weighted by atomic mass is 10.1. The van der Waals surface area contributed by atoms with E-state index >= 15 is 0 Å². The molecule has 0 radical (unpaired) electrons. The summed E-state index contributed by atoms with van der Waals surface area (Å²) in [6, 6.07) is 2.03. The highest BCUT2D eigenvalue weighted by Gasteiger charge is 2.17.